The molecule has 8 nitrogen and oxygen atoms in total. The Morgan fingerprint density at radius 1 is 1.15 bits per heavy atom. The first kappa shape index (κ1) is 24.0. The molecule has 1 amide bonds. The molecule has 0 aliphatic carbocycles. The number of benzene rings is 2. The Morgan fingerprint density at radius 2 is 1.88 bits per heavy atom. The van der Waals surface area contributed by atoms with Crippen molar-refractivity contribution in [2.75, 3.05) is 25.2 Å². The van der Waals surface area contributed by atoms with Crippen LogP contribution in [0.4, 0.5) is 14.5 Å². The Morgan fingerprint density at radius 3 is 2.59 bits per heavy atom. The number of ether oxygens (including phenoxy) is 2. The Bertz CT molecular complexity index is 1160. The molecule has 0 saturated carbocycles. The van der Waals surface area contributed by atoms with E-state index in [1.165, 1.54) is 30.0 Å². The Hall–Kier alpha value is -3.18. The minimum Gasteiger partial charge on any atom is -0.395 e. The molecule has 0 spiro atoms. The van der Waals surface area contributed by atoms with Crippen molar-refractivity contribution in [2.45, 2.75) is 37.4 Å². The molecule has 1 N–H and O–H groups in total. The quantitative estimate of drug-likeness (QED) is 0.447. The van der Waals surface area contributed by atoms with E-state index < -0.39 is 6.29 Å². The van der Waals surface area contributed by atoms with Crippen LogP contribution in [0.2, 0.25) is 0 Å². The summed E-state index contributed by atoms with van der Waals surface area (Å²) in [5.41, 5.74) is 1.43. The van der Waals surface area contributed by atoms with Crippen LogP contribution in [0.3, 0.4) is 0 Å². The van der Waals surface area contributed by atoms with E-state index in [1.807, 2.05) is 49.0 Å². The van der Waals surface area contributed by atoms with Gasteiger partial charge in [-0.05, 0) is 38.2 Å². The summed E-state index contributed by atoms with van der Waals surface area (Å²) in [6.07, 6.45) is -2.85. The van der Waals surface area contributed by atoms with Gasteiger partial charge in [0.05, 0.1) is 18.3 Å². The summed E-state index contributed by atoms with van der Waals surface area (Å²) in [7, 11) is 3.99. The molecule has 0 fully saturated rings. The van der Waals surface area contributed by atoms with Crippen LogP contribution in [0.1, 0.15) is 30.8 Å². The molecule has 4 rings (SSSR count). The normalized spacial score (nSPS) is 14.9. The lowest BCUT2D eigenvalue weighted by molar-refractivity contribution is -0.286. The summed E-state index contributed by atoms with van der Waals surface area (Å²) < 4.78 is 37.3. The van der Waals surface area contributed by atoms with Gasteiger partial charge in [-0.3, -0.25) is 9.69 Å². The highest BCUT2D eigenvalue weighted by molar-refractivity contribution is 7.99. The first-order chi connectivity index (χ1) is 16.3. The molecule has 0 radical (unpaired) electrons. The van der Waals surface area contributed by atoms with E-state index in [1.54, 1.807) is 0 Å². The van der Waals surface area contributed by atoms with Crippen molar-refractivity contribution in [1.29, 1.82) is 0 Å². The van der Waals surface area contributed by atoms with Crippen molar-refractivity contribution in [3.05, 3.63) is 59.9 Å². The smallest absolute Gasteiger partial charge is 0.395 e. The predicted octanol–water partition coefficient (Wildman–Crippen LogP) is 4.39. The number of nitrogens with one attached hydrogen (secondary N) is 1. The maximum absolute atomic E-state index is 13.2. The third-order valence-corrected chi connectivity index (χ3v) is 6.22. The minimum atomic E-state index is -3.70. The van der Waals surface area contributed by atoms with E-state index in [-0.39, 0.29) is 29.2 Å². The molecule has 11 heteroatoms. The maximum atomic E-state index is 13.2. The van der Waals surface area contributed by atoms with Crippen LogP contribution in [-0.2, 0) is 11.3 Å². The van der Waals surface area contributed by atoms with E-state index >= 15 is 0 Å². The van der Waals surface area contributed by atoms with Crippen LogP contribution in [0, 0.1) is 0 Å². The zero-order valence-corrected chi connectivity index (χ0v) is 19.8. The fourth-order valence-corrected chi connectivity index (χ4v) is 4.45. The van der Waals surface area contributed by atoms with Gasteiger partial charge in [0.15, 0.2) is 22.5 Å². The average Bonchev–Trinajstić information content (AvgIpc) is 3.31. The number of thioether (sulfide) groups is 1. The van der Waals surface area contributed by atoms with Gasteiger partial charge in [0.1, 0.15) is 0 Å². The summed E-state index contributed by atoms with van der Waals surface area (Å²) in [6, 6.07) is 14.2. The molecule has 34 heavy (non-hydrogen) atoms. The Balaban J connectivity index is 1.47. The highest BCUT2D eigenvalue weighted by atomic mass is 32.2. The number of fused-ring (bicyclic) bond motifs is 1. The highest BCUT2D eigenvalue weighted by Gasteiger charge is 2.43. The van der Waals surface area contributed by atoms with Gasteiger partial charge in [0.25, 0.3) is 0 Å². The minimum absolute atomic E-state index is 0.0658. The molecule has 1 aliphatic heterocycles. The monoisotopic (exact) mass is 489 g/mol. The molecule has 1 aliphatic rings. The third kappa shape index (κ3) is 5.48. The van der Waals surface area contributed by atoms with E-state index in [4.69, 9.17) is 0 Å². The van der Waals surface area contributed by atoms with E-state index in [9.17, 15) is 13.6 Å². The van der Waals surface area contributed by atoms with Crippen LogP contribution in [0.25, 0.3) is 0 Å². The van der Waals surface area contributed by atoms with Gasteiger partial charge in [0.2, 0.25) is 5.91 Å². The lowest BCUT2D eigenvalue weighted by Crippen LogP contribution is -2.25. The molecule has 3 aromatic rings. The van der Waals surface area contributed by atoms with Crippen molar-refractivity contribution < 1.29 is 23.0 Å². The van der Waals surface area contributed by atoms with Gasteiger partial charge in [-0.15, -0.1) is 19.0 Å². The van der Waals surface area contributed by atoms with Crippen molar-refractivity contribution >= 4 is 23.4 Å². The van der Waals surface area contributed by atoms with Crippen molar-refractivity contribution in [3.63, 3.8) is 0 Å². The second-order valence-corrected chi connectivity index (χ2v) is 8.91. The summed E-state index contributed by atoms with van der Waals surface area (Å²) in [5.74, 6) is 0.375. The molecule has 0 saturated heterocycles. The first-order valence-corrected chi connectivity index (χ1v) is 11.7. The van der Waals surface area contributed by atoms with Crippen LogP contribution in [-0.4, -0.2) is 51.7 Å². The molecular formula is C23H25F2N5O3S. The topological polar surface area (TPSA) is 81.5 Å². The molecule has 2 heterocycles. The molecule has 1 unspecified atom stereocenters. The second-order valence-electron chi connectivity index (χ2n) is 7.97. The van der Waals surface area contributed by atoms with Gasteiger partial charge in [-0.25, -0.2) is 0 Å². The summed E-state index contributed by atoms with van der Waals surface area (Å²) >= 11 is 1.26. The van der Waals surface area contributed by atoms with Gasteiger partial charge >= 0.3 is 6.29 Å². The van der Waals surface area contributed by atoms with Crippen LogP contribution in [0.15, 0.2) is 53.7 Å². The number of nitrogens with zero attached hydrogens (tertiary/aromatic N) is 4. The number of amides is 1. The van der Waals surface area contributed by atoms with Crippen LogP contribution >= 0.6 is 11.8 Å². The van der Waals surface area contributed by atoms with Crippen LogP contribution < -0.4 is 14.8 Å². The largest absolute Gasteiger partial charge is 0.586 e. The predicted molar refractivity (Wildman–Crippen MR) is 124 cm³/mol. The molecule has 2 aromatic carbocycles. The zero-order valence-electron chi connectivity index (χ0n) is 19.0. The Labute approximate surface area is 200 Å². The lowest BCUT2D eigenvalue weighted by atomic mass is 10.2. The van der Waals surface area contributed by atoms with E-state index in [2.05, 4.69) is 36.8 Å². The standard InChI is InChI=1S/C23H25F2N5O3S/c1-4-17(29(2)3)21-27-28-22(30(21)13-15-8-6-5-7-9-15)34-14-20(31)26-16-10-11-18-19(12-16)33-23(24,25)32-18/h5-12,17H,4,13-14H2,1-3H3,(H,26,31). The summed E-state index contributed by atoms with van der Waals surface area (Å²) in [4.78, 5) is 14.7. The van der Waals surface area contributed by atoms with E-state index in [0.29, 0.717) is 17.4 Å². The first-order valence-electron chi connectivity index (χ1n) is 10.7. The van der Waals surface area contributed by atoms with Crippen molar-refractivity contribution in [1.82, 2.24) is 19.7 Å². The number of hydrogen-bond donors (Lipinski definition) is 1. The summed E-state index contributed by atoms with van der Waals surface area (Å²) in [6.45, 7) is 2.67. The zero-order chi connectivity index (χ0) is 24.3. The molecule has 1 atom stereocenters. The maximum Gasteiger partial charge on any atom is 0.586 e. The third-order valence-electron chi connectivity index (χ3n) is 5.25. The molecule has 0 bridgehead atoms. The van der Waals surface area contributed by atoms with Gasteiger partial charge in [0, 0.05) is 11.8 Å². The average molecular weight is 490 g/mol. The summed E-state index contributed by atoms with van der Waals surface area (Å²) in [5, 5.41) is 12.1. The number of carbonyl (C=O) groups excluding carboxylic acids is 1. The lowest BCUT2D eigenvalue weighted by Gasteiger charge is -2.23. The SMILES string of the molecule is CCC(c1nnc(SCC(=O)Nc2ccc3c(c2)OC(F)(F)O3)n1Cc1ccccc1)N(C)C. The fourth-order valence-electron chi connectivity index (χ4n) is 3.70. The number of halogens is 2. The number of alkyl halides is 2. The Kier molecular flexibility index (Phi) is 7.03. The van der Waals surface area contributed by atoms with Gasteiger partial charge in [-0.1, -0.05) is 49.0 Å². The molecule has 1 aromatic heterocycles. The number of anilines is 1. The number of carbonyl (C=O) groups is 1. The van der Waals surface area contributed by atoms with Gasteiger partial charge in [-0.2, -0.15) is 0 Å². The van der Waals surface area contributed by atoms with E-state index in [0.717, 1.165) is 17.8 Å². The van der Waals surface area contributed by atoms with Crippen LogP contribution in [0.5, 0.6) is 11.5 Å². The number of hydrogen-bond acceptors (Lipinski definition) is 7. The molecular weight excluding hydrogens is 464 g/mol. The highest BCUT2D eigenvalue weighted by Crippen LogP contribution is 2.42. The van der Waals surface area contributed by atoms with Crippen molar-refractivity contribution in [3.8, 4) is 11.5 Å². The molecule has 180 valence electrons. The number of rotatable bonds is 9. The van der Waals surface area contributed by atoms with Crippen molar-refractivity contribution in [2.24, 2.45) is 0 Å². The second kappa shape index (κ2) is 9.98. The number of aromatic nitrogens is 3. The fraction of sp³-hybridized carbons (Fsp3) is 0.348. The van der Waals surface area contributed by atoms with Gasteiger partial charge < -0.3 is 19.4 Å².